The number of rotatable bonds is 3. The van der Waals surface area contributed by atoms with E-state index in [2.05, 4.69) is 36.8 Å². The van der Waals surface area contributed by atoms with Gasteiger partial charge in [0.2, 0.25) is 0 Å². The third-order valence-corrected chi connectivity index (χ3v) is 5.06. The smallest absolute Gasteiger partial charge is 0.328 e. The van der Waals surface area contributed by atoms with Gasteiger partial charge in [0.05, 0.1) is 4.47 Å². The molecular formula is C11H14Br2N2O3. The summed E-state index contributed by atoms with van der Waals surface area (Å²) in [6.45, 7) is 2.01. The van der Waals surface area contributed by atoms with Gasteiger partial charge in [-0.1, -0.05) is 15.9 Å². The standard InChI is InChI=1S/C11H14Br2N2O3/c12-6-11(1-3-18-4-2-11)7-15-5-8(13)9(16)14-10(15)17/h5H,1-4,6-7H2,(H,14,16,17). The van der Waals surface area contributed by atoms with E-state index in [-0.39, 0.29) is 11.1 Å². The highest BCUT2D eigenvalue weighted by Gasteiger charge is 2.32. The molecule has 18 heavy (non-hydrogen) atoms. The molecule has 0 aliphatic carbocycles. The van der Waals surface area contributed by atoms with Gasteiger partial charge in [-0.2, -0.15) is 0 Å². The van der Waals surface area contributed by atoms with Gasteiger partial charge < -0.3 is 4.74 Å². The third kappa shape index (κ3) is 2.95. The van der Waals surface area contributed by atoms with Crippen molar-refractivity contribution in [3.05, 3.63) is 31.5 Å². The van der Waals surface area contributed by atoms with Gasteiger partial charge in [0.25, 0.3) is 5.56 Å². The summed E-state index contributed by atoms with van der Waals surface area (Å²) < 4.78 is 7.29. The molecule has 0 spiro atoms. The number of aromatic nitrogens is 2. The Labute approximate surface area is 121 Å². The van der Waals surface area contributed by atoms with Gasteiger partial charge in [-0.3, -0.25) is 14.3 Å². The quantitative estimate of drug-likeness (QED) is 0.807. The Kier molecular flexibility index (Phi) is 4.45. The number of ether oxygens (including phenoxy) is 1. The summed E-state index contributed by atoms with van der Waals surface area (Å²) in [5.41, 5.74) is -0.745. The van der Waals surface area contributed by atoms with E-state index in [0.717, 1.165) is 18.2 Å². The molecule has 1 aromatic rings. The van der Waals surface area contributed by atoms with Crippen molar-refractivity contribution in [3.8, 4) is 0 Å². The highest BCUT2D eigenvalue weighted by atomic mass is 79.9. The van der Waals surface area contributed by atoms with Gasteiger partial charge in [-0.25, -0.2) is 4.79 Å². The van der Waals surface area contributed by atoms with Crippen LogP contribution in [0.5, 0.6) is 0 Å². The first-order valence-electron chi connectivity index (χ1n) is 5.69. The fourth-order valence-corrected chi connectivity index (χ4v) is 3.18. The van der Waals surface area contributed by atoms with Crippen LogP contribution in [0.15, 0.2) is 20.3 Å². The van der Waals surface area contributed by atoms with E-state index in [4.69, 9.17) is 4.74 Å². The molecule has 2 heterocycles. The molecule has 100 valence electrons. The predicted octanol–water partition coefficient (Wildman–Crippen LogP) is 1.49. The zero-order valence-corrected chi connectivity index (χ0v) is 12.9. The second kappa shape index (κ2) is 5.71. The molecule has 1 fully saturated rings. The Morgan fingerprint density at radius 2 is 2.06 bits per heavy atom. The van der Waals surface area contributed by atoms with Crippen LogP contribution in [0, 0.1) is 5.41 Å². The normalized spacial score (nSPS) is 18.8. The number of halogens is 2. The summed E-state index contributed by atoms with van der Waals surface area (Å²) in [7, 11) is 0. The number of H-pyrrole nitrogens is 1. The largest absolute Gasteiger partial charge is 0.381 e. The van der Waals surface area contributed by atoms with E-state index in [9.17, 15) is 9.59 Å². The molecular weight excluding hydrogens is 368 g/mol. The lowest BCUT2D eigenvalue weighted by molar-refractivity contribution is 0.0179. The average molecular weight is 382 g/mol. The molecule has 1 aliphatic rings. The maximum atomic E-state index is 11.8. The summed E-state index contributed by atoms with van der Waals surface area (Å²) in [5, 5.41) is 0.812. The molecule has 0 unspecified atom stereocenters. The minimum atomic E-state index is -0.392. The van der Waals surface area contributed by atoms with E-state index in [1.807, 2.05) is 0 Å². The van der Waals surface area contributed by atoms with Gasteiger partial charge in [-0.15, -0.1) is 0 Å². The van der Waals surface area contributed by atoms with Crippen molar-refractivity contribution in [2.75, 3.05) is 18.5 Å². The first-order chi connectivity index (χ1) is 8.56. The van der Waals surface area contributed by atoms with Crippen molar-refractivity contribution < 1.29 is 4.74 Å². The first kappa shape index (κ1) is 14.0. The molecule has 0 aromatic carbocycles. The molecule has 0 radical (unpaired) electrons. The Morgan fingerprint density at radius 3 is 2.67 bits per heavy atom. The molecule has 0 amide bonds. The van der Waals surface area contributed by atoms with Crippen molar-refractivity contribution in [1.29, 1.82) is 0 Å². The first-order valence-corrected chi connectivity index (χ1v) is 7.61. The van der Waals surface area contributed by atoms with Crippen LogP contribution < -0.4 is 11.2 Å². The number of hydrogen-bond donors (Lipinski definition) is 1. The summed E-state index contributed by atoms with van der Waals surface area (Å²) in [6, 6.07) is 0. The van der Waals surface area contributed by atoms with Crippen molar-refractivity contribution >= 4 is 31.9 Å². The number of aromatic amines is 1. The fraction of sp³-hybridized carbons (Fsp3) is 0.636. The van der Waals surface area contributed by atoms with Gasteiger partial charge in [-0.05, 0) is 28.8 Å². The van der Waals surface area contributed by atoms with E-state index in [1.54, 1.807) is 10.8 Å². The van der Waals surface area contributed by atoms with Crippen molar-refractivity contribution in [3.63, 3.8) is 0 Å². The summed E-state index contributed by atoms with van der Waals surface area (Å²) in [4.78, 5) is 25.3. The minimum absolute atomic E-state index is 0.0136. The molecule has 0 bridgehead atoms. The zero-order chi connectivity index (χ0) is 13.2. The molecule has 1 aromatic heterocycles. The van der Waals surface area contributed by atoms with Crippen LogP contribution >= 0.6 is 31.9 Å². The Balaban J connectivity index is 2.29. The Bertz CT molecular complexity index is 532. The highest BCUT2D eigenvalue weighted by Crippen LogP contribution is 2.33. The molecule has 7 heteroatoms. The van der Waals surface area contributed by atoms with Crippen LogP contribution in [0.3, 0.4) is 0 Å². The van der Waals surface area contributed by atoms with Crippen LogP contribution in [0.2, 0.25) is 0 Å². The maximum Gasteiger partial charge on any atom is 0.328 e. The van der Waals surface area contributed by atoms with Crippen molar-refractivity contribution in [2.45, 2.75) is 19.4 Å². The van der Waals surface area contributed by atoms with Crippen molar-refractivity contribution in [1.82, 2.24) is 9.55 Å². The van der Waals surface area contributed by atoms with Gasteiger partial charge >= 0.3 is 5.69 Å². The SMILES string of the molecule is O=c1[nH]c(=O)n(CC2(CBr)CCOCC2)cc1Br. The van der Waals surface area contributed by atoms with Crippen LogP contribution in [0.25, 0.3) is 0 Å². The van der Waals surface area contributed by atoms with Crippen LogP contribution in [0.4, 0.5) is 0 Å². The maximum absolute atomic E-state index is 11.8. The Hall–Kier alpha value is -0.400. The summed E-state index contributed by atoms with van der Waals surface area (Å²) in [5.74, 6) is 0. The topological polar surface area (TPSA) is 64.1 Å². The average Bonchev–Trinajstić information content (AvgIpc) is 2.37. The molecule has 1 aliphatic heterocycles. The lowest BCUT2D eigenvalue weighted by Gasteiger charge is -2.35. The minimum Gasteiger partial charge on any atom is -0.381 e. The van der Waals surface area contributed by atoms with Crippen LogP contribution in [0.1, 0.15) is 12.8 Å². The number of nitrogens with one attached hydrogen (secondary N) is 1. The van der Waals surface area contributed by atoms with Gasteiger partial charge in [0.15, 0.2) is 0 Å². The summed E-state index contributed by atoms with van der Waals surface area (Å²) >= 11 is 6.67. The third-order valence-electron chi connectivity index (χ3n) is 3.31. The lowest BCUT2D eigenvalue weighted by atomic mass is 9.82. The second-order valence-electron chi connectivity index (χ2n) is 4.61. The molecule has 5 nitrogen and oxygen atoms in total. The van der Waals surface area contributed by atoms with E-state index in [0.29, 0.717) is 24.2 Å². The number of nitrogens with zero attached hydrogens (tertiary/aromatic N) is 1. The van der Waals surface area contributed by atoms with E-state index in [1.165, 1.54) is 0 Å². The van der Waals surface area contributed by atoms with Gasteiger partial charge in [0.1, 0.15) is 0 Å². The predicted molar refractivity (Wildman–Crippen MR) is 75.3 cm³/mol. The molecule has 2 rings (SSSR count). The van der Waals surface area contributed by atoms with Gasteiger partial charge in [0, 0.05) is 36.7 Å². The number of alkyl halides is 1. The monoisotopic (exact) mass is 380 g/mol. The Morgan fingerprint density at radius 1 is 1.39 bits per heavy atom. The van der Waals surface area contributed by atoms with Crippen molar-refractivity contribution in [2.24, 2.45) is 5.41 Å². The van der Waals surface area contributed by atoms with Crippen LogP contribution in [-0.4, -0.2) is 28.1 Å². The molecule has 0 saturated carbocycles. The second-order valence-corrected chi connectivity index (χ2v) is 6.03. The fourth-order valence-electron chi connectivity index (χ4n) is 2.10. The van der Waals surface area contributed by atoms with Crippen LogP contribution in [-0.2, 0) is 11.3 Å². The molecule has 1 N–H and O–H groups in total. The highest BCUT2D eigenvalue weighted by molar-refractivity contribution is 9.10. The molecule has 0 atom stereocenters. The summed E-state index contributed by atoms with van der Waals surface area (Å²) in [6.07, 6.45) is 3.36. The zero-order valence-electron chi connectivity index (χ0n) is 9.75. The van der Waals surface area contributed by atoms with E-state index >= 15 is 0 Å². The lowest BCUT2D eigenvalue weighted by Crippen LogP contribution is -2.40. The molecule has 1 saturated heterocycles. The number of hydrogen-bond acceptors (Lipinski definition) is 3. The van der Waals surface area contributed by atoms with E-state index < -0.39 is 5.56 Å².